The first kappa shape index (κ1) is 19.0. The predicted molar refractivity (Wildman–Crippen MR) is 118 cm³/mol. The molecule has 0 saturated carbocycles. The Bertz CT molecular complexity index is 1060. The summed E-state index contributed by atoms with van der Waals surface area (Å²) in [7, 11) is 1.82. The van der Waals surface area contributed by atoms with Crippen LogP contribution in [0.3, 0.4) is 0 Å². The van der Waals surface area contributed by atoms with Crippen molar-refractivity contribution in [2.75, 3.05) is 11.9 Å². The van der Waals surface area contributed by atoms with Crippen LogP contribution in [0.4, 0.5) is 5.69 Å². The van der Waals surface area contributed by atoms with Crippen molar-refractivity contribution in [2.24, 2.45) is 5.92 Å². The quantitative estimate of drug-likeness (QED) is 0.563. The Balaban J connectivity index is 1.70. The lowest BCUT2D eigenvalue weighted by atomic mass is 9.85. The maximum absolute atomic E-state index is 13.1. The number of anilines is 1. The van der Waals surface area contributed by atoms with Crippen LogP contribution in [0, 0.1) is 9.49 Å². The van der Waals surface area contributed by atoms with Gasteiger partial charge in [-0.15, -0.1) is 0 Å². The van der Waals surface area contributed by atoms with E-state index in [1.54, 1.807) is 4.90 Å². The zero-order valence-electron chi connectivity index (χ0n) is 15.6. The Labute approximate surface area is 177 Å². The van der Waals surface area contributed by atoms with E-state index in [1.165, 1.54) is 0 Å². The van der Waals surface area contributed by atoms with E-state index in [-0.39, 0.29) is 18.4 Å². The molecule has 1 N–H and O–H groups in total. The molecule has 2 aromatic carbocycles. The van der Waals surface area contributed by atoms with Crippen LogP contribution < -0.4 is 4.90 Å². The highest BCUT2D eigenvalue weighted by molar-refractivity contribution is 14.1. The van der Waals surface area contributed by atoms with Crippen molar-refractivity contribution in [1.82, 2.24) is 4.57 Å². The summed E-state index contributed by atoms with van der Waals surface area (Å²) in [6, 6.07) is 15.8. The maximum atomic E-state index is 13.1. The number of carbonyl (C=O) groups excluding carboxylic acids is 1. The van der Waals surface area contributed by atoms with E-state index >= 15 is 0 Å². The number of hydrogen-bond acceptors (Lipinski definition) is 2. The van der Waals surface area contributed by atoms with Gasteiger partial charge in [0.1, 0.15) is 6.54 Å². The monoisotopic (exact) mass is 488 g/mol. The van der Waals surface area contributed by atoms with Crippen LogP contribution in [0.25, 0.3) is 10.9 Å². The van der Waals surface area contributed by atoms with Crippen LogP contribution in [0.1, 0.15) is 17.7 Å². The first-order valence-electron chi connectivity index (χ1n) is 9.29. The average molecular weight is 488 g/mol. The van der Waals surface area contributed by atoms with Gasteiger partial charge in [-0.3, -0.25) is 9.59 Å². The van der Waals surface area contributed by atoms with Crippen LogP contribution in [-0.2, 0) is 29.0 Å². The van der Waals surface area contributed by atoms with Crippen LogP contribution in [0.5, 0.6) is 0 Å². The molecule has 144 valence electrons. The Hall–Kier alpha value is -2.35. The van der Waals surface area contributed by atoms with Crippen LogP contribution in [-0.4, -0.2) is 28.6 Å². The van der Waals surface area contributed by atoms with Crippen molar-refractivity contribution in [1.29, 1.82) is 0 Å². The number of fused-ring (bicyclic) bond motifs is 3. The second-order valence-electron chi connectivity index (χ2n) is 7.24. The van der Waals surface area contributed by atoms with Gasteiger partial charge in [0.15, 0.2) is 0 Å². The minimum Gasteiger partial charge on any atom is -0.480 e. The molecule has 4 rings (SSSR count). The molecule has 0 spiro atoms. The Morgan fingerprint density at radius 1 is 1.21 bits per heavy atom. The van der Waals surface area contributed by atoms with Gasteiger partial charge in [-0.05, 0) is 77.7 Å². The molecule has 1 unspecified atom stereocenters. The third-order valence-electron chi connectivity index (χ3n) is 5.55. The van der Waals surface area contributed by atoms with Crippen molar-refractivity contribution in [3.8, 4) is 0 Å². The molecule has 1 heterocycles. The zero-order chi connectivity index (χ0) is 19.8. The molecule has 0 aliphatic heterocycles. The van der Waals surface area contributed by atoms with Gasteiger partial charge in [0.05, 0.1) is 0 Å². The van der Waals surface area contributed by atoms with E-state index in [2.05, 4.69) is 28.7 Å². The number of benzene rings is 2. The average Bonchev–Trinajstić information content (AvgIpc) is 2.99. The summed E-state index contributed by atoms with van der Waals surface area (Å²) < 4.78 is 3.01. The number of halogens is 1. The van der Waals surface area contributed by atoms with Crippen LogP contribution in [0.2, 0.25) is 0 Å². The number of carboxylic acids is 1. The second-order valence-corrected chi connectivity index (χ2v) is 8.48. The van der Waals surface area contributed by atoms with Crippen molar-refractivity contribution >= 4 is 51.1 Å². The number of amides is 1. The SMILES string of the molecule is CN(C(=O)C1CCc2c(c3cc(I)ccc3n2CC(=O)O)C1)c1ccccc1. The largest absolute Gasteiger partial charge is 0.480 e. The standard InChI is InChI=1S/C22H21IN2O3/c1-24(16-5-3-2-4-6-16)22(28)14-7-9-19-17(11-14)18-12-15(23)8-10-20(18)25(19)13-21(26)27/h2-6,8,10,12,14H,7,9,11,13H2,1H3,(H,26,27). The second kappa shape index (κ2) is 7.58. The maximum Gasteiger partial charge on any atom is 0.323 e. The highest BCUT2D eigenvalue weighted by atomic mass is 127. The third kappa shape index (κ3) is 3.41. The summed E-state index contributed by atoms with van der Waals surface area (Å²) in [4.78, 5) is 26.3. The Morgan fingerprint density at radius 3 is 2.68 bits per heavy atom. The third-order valence-corrected chi connectivity index (χ3v) is 6.22. The van der Waals surface area contributed by atoms with Gasteiger partial charge in [-0.1, -0.05) is 18.2 Å². The number of para-hydroxylation sites is 1. The van der Waals surface area contributed by atoms with E-state index < -0.39 is 5.97 Å². The molecule has 3 aromatic rings. The van der Waals surface area contributed by atoms with Gasteiger partial charge >= 0.3 is 5.97 Å². The van der Waals surface area contributed by atoms with E-state index in [4.69, 9.17) is 0 Å². The lowest BCUT2D eigenvalue weighted by Gasteiger charge is -2.27. The number of hydrogen-bond donors (Lipinski definition) is 1. The van der Waals surface area contributed by atoms with Crippen LogP contribution >= 0.6 is 22.6 Å². The molecule has 1 atom stereocenters. The number of aliphatic carboxylic acids is 1. The molecule has 1 aromatic heterocycles. The molecule has 0 fully saturated rings. The fourth-order valence-electron chi connectivity index (χ4n) is 4.20. The molecule has 1 aliphatic carbocycles. The Kier molecular flexibility index (Phi) is 5.14. The van der Waals surface area contributed by atoms with Gasteiger partial charge in [-0.2, -0.15) is 0 Å². The first-order chi connectivity index (χ1) is 13.5. The van der Waals surface area contributed by atoms with Gasteiger partial charge in [-0.25, -0.2) is 0 Å². The van der Waals surface area contributed by atoms with E-state index in [1.807, 2.05) is 54.1 Å². The normalized spacial score (nSPS) is 16.0. The molecular formula is C22H21IN2O3. The fraction of sp³-hybridized carbons (Fsp3) is 0.273. The van der Waals surface area contributed by atoms with Gasteiger partial charge in [0.25, 0.3) is 0 Å². The lowest BCUT2D eigenvalue weighted by Crippen LogP contribution is -2.36. The number of aromatic nitrogens is 1. The summed E-state index contributed by atoms with van der Waals surface area (Å²) >= 11 is 2.27. The summed E-state index contributed by atoms with van der Waals surface area (Å²) in [5.74, 6) is -0.832. The number of carboxylic acid groups (broad SMARTS) is 1. The number of carbonyl (C=O) groups is 2. The minimum atomic E-state index is -0.847. The van der Waals surface area contributed by atoms with Gasteiger partial charge in [0.2, 0.25) is 5.91 Å². The molecule has 0 saturated heterocycles. The highest BCUT2D eigenvalue weighted by Gasteiger charge is 2.31. The first-order valence-corrected chi connectivity index (χ1v) is 10.4. The predicted octanol–water partition coefficient (Wildman–Crippen LogP) is 4.10. The van der Waals surface area contributed by atoms with Crippen molar-refractivity contribution in [2.45, 2.75) is 25.8 Å². The molecule has 5 nitrogen and oxygen atoms in total. The molecule has 0 bridgehead atoms. The molecule has 6 heteroatoms. The van der Waals surface area contributed by atoms with Gasteiger partial charge in [0, 0.05) is 38.8 Å². The number of nitrogens with zero attached hydrogens (tertiary/aromatic N) is 2. The highest BCUT2D eigenvalue weighted by Crippen LogP contribution is 2.36. The topological polar surface area (TPSA) is 62.5 Å². The summed E-state index contributed by atoms with van der Waals surface area (Å²) in [6.07, 6.45) is 2.09. The van der Waals surface area contributed by atoms with E-state index in [9.17, 15) is 14.7 Å². The molecular weight excluding hydrogens is 467 g/mol. The van der Waals surface area contributed by atoms with E-state index in [0.717, 1.165) is 37.8 Å². The van der Waals surface area contributed by atoms with E-state index in [0.29, 0.717) is 12.8 Å². The fourth-order valence-corrected chi connectivity index (χ4v) is 4.69. The molecule has 0 radical (unpaired) electrons. The zero-order valence-corrected chi connectivity index (χ0v) is 17.7. The molecule has 28 heavy (non-hydrogen) atoms. The van der Waals surface area contributed by atoms with Crippen molar-refractivity contribution in [3.05, 3.63) is 63.4 Å². The molecule has 1 aliphatic rings. The lowest BCUT2D eigenvalue weighted by molar-refractivity contribution is -0.137. The van der Waals surface area contributed by atoms with Crippen molar-refractivity contribution < 1.29 is 14.7 Å². The van der Waals surface area contributed by atoms with Crippen LogP contribution in [0.15, 0.2) is 48.5 Å². The van der Waals surface area contributed by atoms with Crippen molar-refractivity contribution in [3.63, 3.8) is 0 Å². The summed E-state index contributed by atoms with van der Waals surface area (Å²) in [6.45, 7) is -0.0467. The number of rotatable bonds is 4. The Morgan fingerprint density at radius 2 is 1.96 bits per heavy atom. The smallest absolute Gasteiger partial charge is 0.323 e. The summed E-state index contributed by atoms with van der Waals surface area (Å²) in [5.41, 5.74) is 4.02. The minimum absolute atomic E-state index is 0.0467. The van der Waals surface area contributed by atoms with Gasteiger partial charge < -0.3 is 14.6 Å². The summed E-state index contributed by atoms with van der Waals surface area (Å²) in [5, 5.41) is 10.4. The molecule has 1 amide bonds.